The minimum atomic E-state index is 0.512. The van der Waals surface area contributed by atoms with Gasteiger partial charge in [0.2, 0.25) is 0 Å². The third-order valence-electron chi connectivity index (χ3n) is 4.10. The molecule has 1 aromatic carbocycles. The molecule has 0 spiro atoms. The van der Waals surface area contributed by atoms with E-state index < -0.39 is 0 Å². The van der Waals surface area contributed by atoms with Gasteiger partial charge in [-0.15, -0.1) is 11.8 Å². The molecule has 0 amide bonds. The van der Waals surface area contributed by atoms with Crippen molar-refractivity contribution >= 4 is 39.5 Å². The Morgan fingerprint density at radius 3 is 2.92 bits per heavy atom. The molecule has 0 aliphatic carbocycles. The maximum Gasteiger partial charge on any atom is 0.0790 e. The van der Waals surface area contributed by atoms with E-state index in [4.69, 9.17) is 4.98 Å². The van der Waals surface area contributed by atoms with E-state index in [0.29, 0.717) is 5.25 Å². The van der Waals surface area contributed by atoms with Crippen LogP contribution in [0, 0.1) is 6.92 Å². The van der Waals surface area contributed by atoms with Gasteiger partial charge >= 0.3 is 0 Å². The van der Waals surface area contributed by atoms with Crippen molar-refractivity contribution in [1.29, 1.82) is 0 Å². The fourth-order valence-corrected chi connectivity index (χ4v) is 3.78. The number of nitrogens with one attached hydrogen (secondary N) is 1. The van der Waals surface area contributed by atoms with Crippen LogP contribution in [0.5, 0.6) is 0 Å². The summed E-state index contributed by atoms with van der Waals surface area (Å²) in [7, 11) is 0. The van der Waals surface area contributed by atoms with Gasteiger partial charge in [0.25, 0.3) is 0 Å². The molecule has 1 aliphatic heterocycles. The van der Waals surface area contributed by atoms with Crippen LogP contribution in [0.4, 0.5) is 5.69 Å². The first-order chi connectivity index (χ1) is 12.6. The van der Waals surface area contributed by atoms with Gasteiger partial charge in [-0.25, -0.2) is 4.98 Å². The van der Waals surface area contributed by atoms with Gasteiger partial charge in [0.1, 0.15) is 0 Å². The number of nitrogens with zero attached hydrogens (tertiary/aromatic N) is 2. The number of anilines is 1. The first kappa shape index (κ1) is 18.5. The second-order valence-corrected chi connectivity index (χ2v) is 8.17. The monoisotopic (exact) mass is 363 g/mol. The van der Waals surface area contributed by atoms with Gasteiger partial charge in [-0.2, -0.15) is 0 Å². The second kappa shape index (κ2) is 8.37. The maximum atomic E-state index is 4.98. The van der Waals surface area contributed by atoms with Crippen LogP contribution in [0.1, 0.15) is 38.4 Å². The molecule has 0 saturated heterocycles. The Kier molecular flexibility index (Phi) is 5.94. The zero-order valence-electron chi connectivity index (χ0n) is 15.8. The summed E-state index contributed by atoms with van der Waals surface area (Å²) in [5.74, 6) is 0. The lowest BCUT2D eigenvalue weighted by atomic mass is 10.1. The molecule has 4 heteroatoms. The summed E-state index contributed by atoms with van der Waals surface area (Å²) in [5, 5.41) is 5.26. The van der Waals surface area contributed by atoms with Crippen molar-refractivity contribution in [2.45, 2.75) is 39.4 Å². The van der Waals surface area contributed by atoms with Crippen LogP contribution in [0.2, 0.25) is 0 Å². The Hall–Kier alpha value is -2.33. The normalized spacial score (nSPS) is 14.7. The van der Waals surface area contributed by atoms with Gasteiger partial charge in [0.15, 0.2) is 0 Å². The van der Waals surface area contributed by atoms with Crippen molar-refractivity contribution in [1.82, 2.24) is 4.98 Å². The lowest BCUT2D eigenvalue weighted by Gasteiger charge is -2.16. The molecule has 0 bridgehead atoms. The number of benzene rings is 1. The number of aryl methyl sites for hydroxylation is 1. The van der Waals surface area contributed by atoms with Gasteiger partial charge in [-0.1, -0.05) is 44.2 Å². The molecule has 1 aliphatic rings. The van der Waals surface area contributed by atoms with Gasteiger partial charge in [-0.3, -0.25) is 4.99 Å². The highest BCUT2D eigenvalue weighted by molar-refractivity contribution is 8.08. The van der Waals surface area contributed by atoms with E-state index in [9.17, 15) is 0 Å². The zero-order chi connectivity index (χ0) is 18.5. The van der Waals surface area contributed by atoms with Crippen LogP contribution in [-0.4, -0.2) is 16.4 Å². The highest BCUT2D eigenvalue weighted by atomic mass is 32.2. The maximum absolute atomic E-state index is 4.98. The van der Waals surface area contributed by atoms with Crippen molar-refractivity contribution in [3.8, 4) is 0 Å². The van der Waals surface area contributed by atoms with Gasteiger partial charge < -0.3 is 5.32 Å². The molecule has 2 heterocycles. The SMILES string of the molecule is C/C=C(\SC(C)C)c1cc(NC2=CC=NC=CC2)c2cccc(C)c2n1. The number of para-hydroxylation sites is 1. The lowest BCUT2D eigenvalue weighted by Crippen LogP contribution is -2.03. The molecule has 0 saturated carbocycles. The Morgan fingerprint density at radius 2 is 2.15 bits per heavy atom. The summed E-state index contributed by atoms with van der Waals surface area (Å²) in [6.07, 6.45) is 10.7. The Labute approximate surface area is 160 Å². The first-order valence-corrected chi connectivity index (χ1v) is 9.84. The van der Waals surface area contributed by atoms with Gasteiger partial charge in [0, 0.05) is 45.8 Å². The standard InChI is InChI=1S/C22H25N3S/c1-5-21(26-15(2)3)20-14-19(24-17-9-7-12-23-13-11-17)18-10-6-8-16(4)22(18)25-20/h5-8,10-15H,9H2,1-4H3,(H,24,25)/b21-5-. The summed E-state index contributed by atoms with van der Waals surface area (Å²) in [5.41, 5.74) is 5.48. The Morgan fingerprint density at radius 1 is 1.31 bits per heavy atom. The summed E-state index contributed by atoms with van der Waals surface area (Å²) < 4.78 is 0. The molecule has 0 fully saturated rings. The topological polar surface area (TPSA) is 37.3 Å². The summed E-state index contributed by atoms with van der Waals surface area (Å²) in [4.78, 5) is 10.4. The molecule has 2 aromatic rings. The van der Waals surface area contributed by atoms with E-state index in [0.717, 1.165) is 34.4 Å². The molecular weight excluding hydrogens is 338 g/mol. The van der Waals surface area contributed by atoms with Crippen molar-refractivity contribution in [2.24, 2.45) is 4.99 Å². The fourth-order valence-electron chi connectivity index (χ4n) is 2.91. The van der Waals surface area contributed by atoms with Crippen LogP contribution in [-0.2, 0) is 0 Å². The first-order valence-electron chi connectivity index (χ1n) is 8.96. The summed E-state index contributed by atoms with van der Waals surface area (Å²) in [6.45, 7) is 8.62. The highest BCUT2D eigenvalue weighted by Crippen LogP contribution is 2.35. The van der Waals surface area contributed by atoms with E-state index in [1.807, 2.05) is 30.3 Å². The minimum Gasteiger partial charge on any atom is -0.358 e. The minimum absolute atomic E-state index is 0.512. The lowest BCUT2D eigenvalue weighted by molar-refractivity contribution is 1.12. The Bertz CT molecular complexity index is 920. The number of rotatable bonds is 5. The molecule has 134 valence electrons. The van der Waals surface area contributed by atoms with E-state index in [1.165, 1.54) is 10.5 Å². The average Bonchev–Trinajstić information content (AvgIpc) is 2.89. The molecule has 3 rings (SSSR count). The molecule has 0 radical (unpaired) electrons. The van der Waals surface area contributed by atoms with E-state index >= 15 is 0 Å². The van der Waals surface area contributed by atoms with Crippen LogP contribution in [0.15, 0.2) is 59.4 Å². The van der Waals surface area contributed by atoms with Crippen molar-refractivity contribution in [2.75, 3.05) is 5.32 Å². The van der Waals surface area contributed by atoms with Crippen LogP contribution >= 0.6 is 11.8 Å². The van der Waals surface area contributed by atoms with Crippen molar-refractivity contribution in [3.05, 3.63) is 65.6 Å². The van der Waals surface area contributed by atoms with Gasteiger partial charge in [0.05, 0.1) is 11.2 Å². The Balaban J connectivity index is 2.11. The molecule has 1 N–H and O–H groups in total. The van der Waals surface area contributed by atoms with E-state index in [-0.39, 0.29) is 0 Å². The largest absolute Gasteiger partial charge is 0.358 e. The molecule has 0 unspecified atom stereocenters. The predicted octanol–water partition coefficient (Wildman–Crippen LogP) is 6.33. The summed E-state index contributed by atoms with van der Waals surface area (Å²) >= 11 is 1.85. The summed E-state index contributed by atoms with van der Waals surface area (Å²) in [6, 6.07) is 8.51. The van der Waals surface area contributed by atoms with Crippen LogP contribution in [0.3, 0.4) is 0 Å². The third kappa shape index (κ3) is 4.25. The highest BCUT2D eigenvalue weighted by Gasteiger charge is 2.13. The molecular formula is C22H25N3S. The average molecular weight is 364 g/mol. The number of fused-ring (bicyclic) bond motifs is 1. The molecule has 0 atom stereocenters. The number of pyridine rings is 1. The number of hydrogen-bond acceptors (Lipinski definition) is 4. The van der Waals surface area contributed by atoms with Crippen molar-refractivity contribution in [3.63, 3.8) is 0 Å². The molecule has 1 aromatic heterocycles. The molecule has 26 heavy (non-hydrogen) atoms. The number of aliphatic imine (C=N–C) groups is 1. The number of thioether (sulfide) groups is 1. The van der Waals surface area contributed by atoms with Gasteiger partial charge in [-0.05, 0) is 31.6 Å². The van der Waals surface area contributed by atoms with E-state index in [2.05, 4.69) is 74.4 Å². The predicted molar refractivity (Wildman–Crippen MR) is 117 cm³/mol. The second-order valence-electron chi connectivity index (χ2n) is 6.55. The number of allylic oxidation sites excluding steroid dienone is 3. The smallest absolute Gasteiger partial charge is 0.0790 e. The molecule has 3 nitrogen and oxygen atoms in total. The van der Waals surface area contributed by atoms with E-state index in [1.54, 1.807) is 0 Å². The van der Waals surface area contributed by atoms with Crippen molar-refractivity contribution < 1.29 is 0 Å². The quantitative estimate of drug-likeness (QED) is 0.674. The van der Waals surface area contributed by atoms with Crippen LogP contribution < -0.4 is 5.32 Å². The number of aromatic nitrogens is 1. The fraction of sp³-hybridized carbons (Fsp3) is 0.273. The third-order valence-corrected chi connectivity index (χ3v) is 5.27. The zero-order valence-corrected chi connectivity index (χ0v) is 16.6. The number of hydrogen-bond donors (Lipinski definition) is 1. The van der Waals surface area contributed by atoms with Crippen LogP contribution in [0.25, 0.3) is 15.8 Å².